The lowest BCUT2D eigenvalue weighted by Crippen LogP contribution is -1.96. The second kappa shape index (κ2) is 14.3. The van der Waals surface area contributed by atoms with Crippen molar-refractivity contribution in [2.75, 3.05) is 0 Å². The van der Waals surface area contributed by atoms with Crippen LogP contribution in [-0.2, 0) is 12.8 Å². The molecule has 0 unspecified atom stereocenters. The fraction of sp³-hybridized carbons (Fsp3) is 0.353. The summed E-state index contributed by atoms with van der Waals surface area (Å²) in [4.78, 5) is 27.3. The molecule has 0 bridgehead atoms. The number of aromatic hydroxyl groups is 1. The molecule has 230 valence electrons. The first-order valence-corrected chi connectivity index (χ1v) is 20.1. The highest BCUT2D eigenvalue weighted by molar-refractivity contribution is 9.11. The molecule has 4 nitrogen and oxygen atoms in total. The minimum Gasteiger partial charge on any atom is -0.494 e. The van der Waals surface area contributed by atoms with Crippen molar-refractivity contribution in [2.45, 2.75) is 78.1 Å². The highest BCUT2D eigenvalue weighted by Gasteiger charge is 2.34. The average Bonchev–Trinajstić information content (AvgIpc) is 3.84. The number of halogens is 2. The number of nitrogens with one attached hydrogen (secondary N) is 1. The summed E-state index contributed by atoms with van der Waals surface area (Å²) < 4.78 is 2.38. The van der Waals surface area contributed by atoms with Crippen molar-refractivity contribution in [3.05, 3.63) is 71.1 Å². The van der Waals surface area contributed by atoms with Gasteiger partial charge < -0.3 is 10.1 Å². The van der Waals surface area contributed by atoms with Gasteiger partial charge in [0, 0.05) is 19.5 Å². The quantitative estimate of drug-likeness (QED) is 0.110. The van der Waals surface area contributed by atoms with E-state index in [2.05, 4.69) is 79.9 Å². The second-order valence-electron chi connectivity index (χ2n) is 11.1. The van der Waals surface area contributed by atoms with Gasteiger partial charge in [0.25, 0.3) is 5.91 Å². The third-order valence-corrected chi connectivity index (χ3v) is 14.4. The molecule has 0 spiro atoms. The van der Waals surface area contributed by atoms with Gasteiger partial charge in [0.05, 0.1) is 39.9 Å². The molecule has 0 saturated heterocycles. The number of rotatable bonds is 14. The fourth-order valence-electron chi connectivity index (χ4n) is 5.59. The standard InChI is InChI=1S/C34H34Br2N2O2S4/c1-3-5-7-9-11-19-17-25(43-31(19)35)21-13-15-23(41-21)29-27-28(34(40)37-29)30(38-33(27)39)24-16-14-22(42-24)26-18-20(32(36)44-26)12-10-8-6-4-2/h13-18,37,40H,3-12H2,1-2H3. The zero-order valence-electron chi connectivity index (χ0n) is 24.7. The smallest absolute Gasteiger partial charge is 0.280 e. The van der Waals surface area contributed by atoms with Crippen LogP contribution in [0.3, 0.4) is 0 Å². The lowest BCUT2D eigenvalue weighted by Gasteiger charge is -1.98. The summed E-state index contributed by atoms with van der Waals surface area (Å²) in [5.74, 6) is -0.320. The van der Waals surface area contributed by atoms with Crippen LogP contribution in [-0.4, -0.2) is 21.7 Å². The van der Waals surface area contributed by atoms with Gasteiger partial charge >= 0.3 is 0 Å². The van der Waals surface area contributed by atoms with E-state index in [0.717, 1.165) is 32.4 Å². The zero-order chi connectivity index (χ0) is 30.8. The molecule has 0 aromatic carbocycles. The molecule has 5 aromatic rings. The van der Waals surface area contributed by atoms with Gasteiger partial charge in [-0.15, -0.1) is 45.3 Å². The first kappa shape index (κ1) is 32.1. The van der Waals surface area contributed by atoms with Crippen molar-refractivity contribution in [1.29, 1.82) is 0 Å². The highest BCUT2D eigenvalue weighted by Crippen LogP contribution is 2.46. The molecular weight excluding hydrogens is 756 g/mol. The molecule has 10 heteroatoms. The molecular formula is C34H34Br2N2O2S4. The number of aromatic nitrogens is 1. The van der Waals surface area contributed by atoms with Crippen LogP contribution < -0.4 is 0 Å². The molecule has 1 aliphatic heterocycles. The Morgan fingerprint density at radius 1 is 0.682 bits per heavy atom. The molecule has 0 aliphatic carbocycles. The number of carbonyl (C=O) groups is 1. The molecule has 0 atom stereocenters. The topological polar surface area (TPSA) is 65.5 Å². The van der Waals surface area contributed by atoms with E-state index in [1.807, 2.05) is 12.1 Å². The summed E-state index contributed by atoms with van der Waals surface area (Å²) in [6, 6.07) is 12.8. The summed E-state index contributed by atoms with van der Waals surface area (Å²) in [6.45, 7) is 4.47. The number of hydrogen-bond donors (Lipinski definition) is 2. The molecule has 1 aliphatic rings. The molecule has 6 rings (SSSR count). The number of carbonyl (C=O) groups excluding carboxylic acids is 1. The van der Waals surface area contributed by atoms with Crippen molar-refractivity contribution in [1.82, 2.24) is 4.98 Å². The largest absolute Gasteiger partial charge is 0.494 e. The maximum absolute atomic E-state index is 13.3. The summed E-state index contributed by atoms with van der Waals surface area (Å²) >= 11 is 14.3. The van der Waals surface area contributed by atoms with Crippen molar-refractivity contribution >= 4 is 88.8 Å². The minimum atomic E-state index is -0.312. The second-order valence-corrected chi connectivity index (χ2v) is 18.0. The molecule has 1 amide bonds. The Hall–Kier alpha value is -1.82. The van der Waals surface area contributed by atoms with Crippen molar-refractivity contribution in [3.8, 4) is 36.0 Å². The van der Waals surface area contributed by atoms with E-state index in [0.29, 0.717) is 22.5 Å². The normalized spacial score (nSPS) is 12.8. The van der Waals surface area contributed by atoms with E-state index < -0.39 is 0 Å². The van der Waals surface area contributed by atoms with Crippen LogP contribution in [0.5, 0.6) is 5.88 Å². The van der Waals surface area contributed by atoms with Crippen LogP contribution in [0, 0.1) is 0 Å². The number of fused-ring (bicyclic) bond motifs is 1. The zero-order valence-corrected chi connectivity index (χ0v) is 31.2. The minimum absolute atomic E-state index is 0.00836. The molecule has 0 fully saturated rings. The Bertz CT molecular complexity index is 1820. The van der Waals surface area contributed by atoms with Crippen LogP contribution in [0.25, 0.3) is 30.1 Å². The fourth-order valence-corrected chi connectivity index (χ4v) is 11.3. The Kier molecular flexibility index (Phi) is 10.4. The number of amides is 1. The van der Waals surface area contributed by atoms with E-state index in [9.17, 15) is 9.90 Å². The van der Waals surface area contributed by atoms with Crippen molar-refractivity contribution < 1.29 is 9.90 Å². The van der Waals surface area contributed by atoms with E-state index in [-0.39, 0.29) is 11.8 Å². The number of thiophene rings is 4. The van der Waals surface area contributed by atoms with Gasteiger partial charge in [-0.25, -0.2) is 4.99 Å². The van der Waals surface area contributed by atoms with Gasteiger partial charge in [-0.05, 0) is 105 Å². The lowest BCUT2D eigenvalue weighted by atomic mass is 10.1. The molecule has 0 saturated carbocycles. The van der Waals surface area contributed by atoms with Crippen LogP contribution in [0.1, 0.15) is 97.1 Å². The lowest BCUT2D eigenvalue weighted by molar-refractivity contribution is 0.101. The number of aliphatic imine (C=N–C) groups is 1. The molecule has 5 aromatic heterocycles. The summed E-state index contributed by atoms with van der Waals surface area (Å²) in [5.41, 5.74) is 4.86. The first-order valence-electron chi connectivity index (χ1n) is 15.2. The Balaban J connectivity index is 1.22. The number of unbranched alkanes of at least 4 members (excludes halogenated alkanes) is 6. The van der Waals surface area contributed by atoms with Crippen LogP contribution in [0.2, 0.25) is 0 Å². The number of nitrogens with zero attached hydrogens (tertiary/aromatic N) is 1. The van der Waals surface area contributed by atoms with Gasteiger partial charge in [0.2, 0.25) is 0 Å². The third-order valence-electron chi connectivity index (χ3n) is 7.94. The maximum atomic E-state index is 13.3. The first-order chi connectivity index (χ1) is 21.4. The van der Waals surface area contributed by atoms with Crippen LogP contribution >= 0.6 is 77.2 Å². The number of hydrogen-bond acceptors (Lipinski definition) is 6. The summed E-state index contributed by atoms with van der Waals surface area (Å²) in [6.07, 6.45) is 12.1. The van der Waals surface area contributed by atoms with Crippen molar-refractivity contribution in [3.63, 3.8) is 0 Å². The third kappa shape index (κ3) is 6.67. The molecule has 2 N–H and O–H groups in total. The van der Waals surface area contributed by atoms with E-state index >= 15 is 0 Å². The number of aromatic amines is 1. The van der Waals surface area contributed by atoms with Gasteiger partial charge in [0.1, 0.15) is 0 Å². The average molecular weight is 791 g/mol. The molecule has 44 heavy (non-hydrogen) atoms. The van der Waals surface area contributed by atoms with Gasteiger partial charge in [0.15, 0.2) is 5.88 Å². The van der Waals surface area contributed by atoms with Crippen molar-refractivity contribution in [2.24, 2.45) is 4.99 Å². The highest BCUT2D eigenvalue weighted by atomic mass is 79.9. The van der Waals surface area contributed by atoms with Crippen LogP contribution in [0.4, 0.5) is 0 Å². The van der Waals surface area contributed by atoms with Gasteiger partial charge in [-0.2, -0.15) is 0 Å². The summed E-state index contributed by atoms with van der Waals surface area (Å²) in [7, 11) is 0. The Morgan fingerprint density at radius 2 is 1.20 bits per heavy atom. The number of H-pyrrole nitrogens is 1. The van der Waals surface area contributed by atoms with E-state index in [1.165, 1.54) is 79.8 Å². The van der Waals surface area contributed by atoms with Crippen LogP contribution in [0.15, 0.2) is 49.0 Å². The SMILES string of the molecule is CCCCCCc1cc(-c2ccc(C3=NC(=O)c4c(-c5ccc(-c6cc(CCCCCC)c(Br)s6)s5)[nH]c(O)c43)s2)sc1Br. The van der Waals surface area contributed by atoms with Gasteiger partial charge in [-0.1, -0.05) is 52.4 Å². The van der Waals surface area contributed by atoms with E-state index in [4.69, 9.17) is 0 Å². The predicted molar refractivity (Wildman–Crippen MR) is 198 cm³/mol. The monoisotopic (exact) mass is 788 g/mol. The Labute approximate surface area is 291 Å². The molecule has 6 heterocycles. The van der Waals surface area contributed by atoms with Gasteiger partial charge in [-0.3, -0.25) is 4.79 Å². The maximum Gasteiger partial charge on any atom is 0.280 e. The predicted octanol–water partition coefficient (Wildman–Crippen LogP) is 12.7. The molecule has 0 radical (unpaired) electrons. The summed E-state index contributed by atoms with van der Waals surface area (Å²) in [5, 5.41) is 11.0. The van der Waals surface area contributed by atoms with E-state index in [1.54, 1.807) is 45.3 Å². The number of aryl methyl sites for hydroxylation is 2. The Morgan fingerprint density at radius 3 is 1.77 bits per heavy atom.